The van der Waals surface area contributed by atoms with Crippen LogP contribution in [0.3, 0.4) is 0 Å². The molecule has 0 aliphatic rings. The molecule has 0 saturated carbocycles. The molecule has 2 heterocycles. The number of para-hydroxylation sites is 4. The number of anilines is 2. The predicted octanol–water partition coefficient (Wildman–Crippen LogP) is 5.38. The number of benzene rings is 3. The molecule has 9 heteroatoms. The number of nitrogens with zero attached hydrogens (tertiary/aromatic N) is 6. The van der Waals surface area contributed by atoms with Gasteiger partial charge < -0.3 is 15.1 Å². The van der Waals surface area contributed by atoms with Gasteiger partial charge in [0.1, 0.15) is 5.75 Å². The van der Waals surface area contributed by atoms with Gasteiger partial charge in [-0.3, -0.25) is 0 Å². The molecule has 3 N–H and O–H groups in total. The molecule has 0 saturated heterocycles. The molecule has 0 aliphatic heterocycles. The zero-order valence-electron chi connectivity index (χ0n) is 21.6. The van der Waals surface area contributed by atoms with Crippen molar-refractivity contribution >= 4 is 46.4 Å². The summed E-state index contributed by atoms with van der Waals surface area (Å²) in [6.45, 7) is 6.38. The standard InChI is InChI=1S/C28H30N8O/c1-28(2,3)20-14-18(16-29-35(4)26-31-21-10-6-7-11-22(21)32-26)25(37)19(15-20)17-30-36(5)27-33-23-12-8-9-13-24(23)34-27/h6-17,37H,1-5H3,(H,31,32)(H,33,34)/b29-16+,30-17+. The molecule has 37 heavy (non-hydrogen) atoms. The Kier molecular flexibility index (Phi) is 6.12. The van der Waals surface area contributed by atoms with Crippen LogP contribution in [0, 0.1) is 0 Å². The van der Waals surface area contributed by atoms with Gasteiger partial charge in [-0.2, -0.15) is 10.2 Å². The van der Waals surface area contributed by atoms with Crippen LogP contribution in [-0.4, -0.2) is 51.6 Å². The molecular formula is C28H30N8O. The lowest BCUT2D eigenvalue weighted by Crippen LogP contribution is -2.14. The lowest BCUT2D eigenvalue weighted by Gasteiger charge is -2.21. The van der Waals surface area contributed by atoms with Gasteiger partial charge in [-0.1, -0.05) is 45.0 Å². The molecule has 188 valence electrons. The van der Waals surface area contributed by atoms with Gasteiger partial charge in [-0.25, -0.2) is 20.0 Å². The smallest absolute Gasteiger partial charge is 0.224 e. The van der Waals surface area contributed by atoms with E-state index in [-0.39, 0.29) is 11.2 Å². The van der Waals surface area contributed by atoms with Crippen LogP contribution in [0.1, 0.15) is 37.5 Å². The maximum atomic E-state index is 11.1. The van der Waals surface area contributed by atoms with E-state index >= 15 is 0 Å². The number of hydrogen-bond acceptors (Lipinski definition) is 7. The van der Waals surface area contributed by atoms with E-state index < -0.39 is 0 Å². The molecule has 0 radical (unpaired) electrons. The molecule has 0 fully saturated rings. The average Bonchev–Trinajstić information content (AvgIpc) is 3.51. The number of phenols is 1. The fourth-order valence-electron chi connectivity index (χ4n) is 3.90. The van der Waals surface area contributed by atoms with Crippen molar-refractivity contribution in [1.29, 1.82) is 0 Å². The molecule has 0 atom stereocenters. The van der Waals surface area contributed by atoms with Crippen LogP contribution in [0.4, 0.5) is 11.9 Å². The Bertz CT molecular complexity index is 1450. The zero-order valence-corrected chi connectivity index (χ0v) is 21.6. The molecular weight excluding hydrogens is 464 g/mol. The molecule has 0 amide bonds. The van der Waals surface area contributed by atoms with E-state index in [1.807, 2.05) is 74.8 Å². The third-order valence-corrected chi connectivity index (χ3v) is 6.14. The molecule has 0 spiro atoms. The molecule has 2 aromatic heterocycles. The van der Waals surface area contributed by atoms with E-state index in [0.717, 1.165) is 27.6 Å². The summed E-state index contributed by atoms with van der Waals surface area (Å²) in [5, 5.41) is 23.5. The van der Waals surface area contributed by atoms with Gasteiger partial charge in [-0.15, -0.1) is 0 Å². The topological polar surface area (TPSA) is 109 Å². The normalized spacial score (nSPS) is 12.4. The number of aromatic nitrogens is 4. The second-order valence-electron chi connectivity index (χ2n) is 9.94. The second-order valence-corrected chi connectivity index (χ2v) is 9.94. The Labute approximate surface area is 215 Å². The number of phenolic OH excluding ortho intramolecular Hbond substituents is 1. The van der Waals surface area contributed by atoms with Crippen molar-refractivity contribution in [2.24, 2.45) is 10.2 Å². The predicted molar refractivity (Wildman–Crippen MR) is 151 cm³/mol. The number of aromatic hydroxyl groups is 1. The maximum Gasteiger partial charge on any atom is 0.224 e. The fourth-order valence-corrected chi connectivity index (χ4v) is 3.90. The van der Waals surface area contributed by atoms with Crippen LogP contribution in [-0.2, 0) is 5.41 Å². The van der Waals surface area contributed by atoms with Crippen molar-refractivity contribution in [3.8, 4) is 5.75 Å². The average molecular weight is 495 g/mol. The molecule has 3 aromatic carbocycles. The number of H-pyrrole nitrogens is 2. The minimum atomic E-state index is -0.145. The first-order valence-electron chi connectivity index (χ1n) is 12.0. The first kappa shape index (κ1) is 24.1. The first-order valence-corrected chi connectivity index (χ1v) is 12.0. The number of nitrogens with one attached hydrogen (secondary N) is 2. The Hall–Kier alpha value is -4.66. The van der Waals surface area contributed by atoms with E-state index in [1.54, 1.807) is 22.4 Å². The minimum absolute atomic E-state index is 0.0940. The summed E-state index contributed by atoms with van der Waals surface area (Å²) >= 11 is 0. The third kappa shape index (κ3) is 5.02. The van der Waals surface area contributed by atoms with Crippen molar-refractivity contribution < 1.29 is 5.11 Å². The Morgan fingerprint density at radius 2 is 1.19 bits per heavy atom. The van der Waals surface area contributed by atoms with Crippen LogP contribution in [0.5, 0.6) is 5.75 Å². The van der Waals surface area contributed by atoms with Crippen LogP contribution in [0.25, 0.3) is 22.1 Å². The van der Waals surface area contributed by atoms with Gasteiger partial charge in [0.25, 0.3) is 0 Å². The van der Waals surface area contributed by atoms with Crippen molar-refractivity contribution in [2.75, 3.05) is 24.1 Å². The highest BCUT2D eigenvalue weighted by atomic mass is 16.3. The summed E-state index contributed by atoms with van der Waals surface area (Å²) in [5.41, 5.74) is 5.67. The summed E-state index contributed by atoms with van der Waals surface area (Å²) in [7, 11) is 3.62. The third-order valence-electron chi connectivity index (χ3n) is 6.14. The Balaban J connectivity index is 1.44. The minimum Gasteiger partial charge on any atom is -0.507 e. The highest BCUT2D eigenvalue weighted by Gasteiger charge is 2.18. The van der Waals surface area contributed by atoms with E-state index in [9.17, 15) is 5.11 Å². The zero-order chi connectivity index (χ0) is 26.2. The molecule has 0 aliphatic carbocycles. The largest absolute Gasteiger partial charge is 0.507 e. The van der Waals surface area contributed by atoms with Gasteiger partial charge in [0, 0.05) is 25.2 Å². The fraction of sp³-hybridized carbons (Fsp3) is 0.214. The summed E-state index contributed by atoms with van der Waals surface area (Å²) in [6, 6.07) is 19.5. The second kappa shape index (κ2) is 9.42. The van der Waals surface area contributed by atoms with E-state index in [0.29, 0.717) is 23.0 Å². The SMILES string of the molecule is CN(/N=C/c1cc(C(C)(C)C)cc(/C=N/N(C)c2nc3ccccc3[nH]2)c1O)c1nc2ccccc2[nH]1. The van der Waals surface area contributed by atoms with E-state index in [4.69, 9.17) is 0 Å². The first-order chi connectivity index (χ1) is 17.7. The van der Waals surface area contributed by atoms with Crippen molar-refractivity contribution in [2.45, 2.75) is 26.2 Å². The molecule has 9 nitrogen and oxygen atoms in total. The number of imidazole rings is 2. The van der Waals surface area contributed by atoms with Gasteiger partial charge in [0.15, 0.2) is 0 Å². The van der Waals surface area contributed by atoms with Crippen molar-refractivity contribution in [3.63, 3.8) is 0 Å². The highest BCUT2D eigenvalue weighted by Crippen LogP contribution is 2.30. The number of aromatic amines is 2. The van der Waals surface area contributed by atoms with E-state index in [2.05, 4.69) is 50.9 Å². The van der Waals surface area contributed by atoms with Gasteiger partial charge in [0.2, 0.25) is 11.9 Å². The Morgan fingerprint density at radius 1 is 0.757 bits per heavy atom. The number of fused-ring (bicyclic) bond motifs is 2. The van der Waals surface area contributed by atoms with Crippen LogP contribution in [0.15, 0.2) is 70.9 Å². The summed E-state index contributed by atoms with van der Waals surface area (Å²) in [4.78, 5) is 15.7. The quantitative estimate of drug-likeness (QED) is 0.217. The summed E-state index contributed by atoms with van der Waals surface area (Å²) in [6.07, 6.45) is 3.27. The lowest BCUT2D eigenvalue weighted by atomic mass is 9.85. The van der Waals surface area contributed by atoms with Crippen LogP contribution < -0.4 is 10.0 Å². The van der Waals surface area contributed by atoms with Gasteiger partial charge >= 0.3 is 0 Å². The molecule has 5 rings (SSSR count). The monoisotopic (exact) mass is 494 g/mol. The Morgan fingerprint density at radius 3 is 1.59 bits per heavy atom. The number of rotatable bonds is 6. The van der Waals surface area contributed by atoms with Crippen LogP contribution >= 0.6 is 0 Å². The highest BCUT2D eigenvalue weighted by molar-refractivity contribution is 5.93. The van der Waals surface area contributed by atoms with Crippen molar-refractivity contribution in [3.05, 3.63) is 77.4 Å². The lowest BCUT2D eigenvalue weighted by molar-refractivity contribution is 0.472. The molecule has 0 bridgehead atoms. The summed E-state index contributed by atoms with van der Waals surface area (Å²) < 4.78 is 0. The van der Waals surface area contributed by atoms with Crippen LogP contribution in [0.2, 0.25) is 0 Å². The van der Waals surface area contributed by atoms with Crippen molar-refractivity contribution in [1.82, 2.24) is 19.9 Å². The number of hydrazone groups is 2. The summed E-state index contributed by atoms with van der Waals surface area (Å²) in [5.74, 6) is 1.31. The van der Waals surface area contributed by atoms with Gasteiger partial charge in [0.05, 0.1) is 34.5 Å². The van der Waals surface area contributed by atoms with E-state index in [1.165, 1.54) is 0 Å². The maximum absolute atomic E-state index is 11.1. The molecule has 5 aromatic rings. The molecule has 0 unspecified atom stereocenters. The van der Waals surface area contributed by atoms with Gasteiger partial charge in [-0.05, 0) is 47.4 Å². The number of hydrogen-bond donors (Lipinski definition) is 3.